The number of pyridine rings is 3. The van der Waals surface area contributed by atoms with Gasteiger partial charge in [0.25, 0.3) is 0 Å². The van der Waals surface area contributed by atoms with Crippen LogP contribution >= 0.6 is 0 Å². The molecule has 1 radical (unpaired) electrons. The van der Waals surface area contributed by atoms with Crippen molar-refractivity contribution in [3.8, 4) is 33.8 Å². The van der Waals surface area contributed by atoms with Gasteiger partial charge in [-0.3, -0.25) is 0 Å². The van der Waals surface area contributed by atoms with E-state index in [-0.39, 0.29) is 20.1 Å². The van der Waals surface area contributed by atoms with Crippen molar-refractivity contribution in [2.45, 2.75) is 85.4 Å². The summed E-state index contributed by atoms with van der Waals surface area (Å²) in [6, 6.07) is 41.9. The van der Waals surface area contributed by atoms with Crippen LogP contribution < -0.4 is 5.19 Å². The number of para-hydroxylation sites is 1. The van der Waals surface area contributed by atoms with Crippen LogP contribution in [0.2, 0.25) is 19.6 Å². The first-order valence-electron chi connectivity index (χ1n) is 21.7. The molecule has 10 rings (SSSR count). The monoisotopic (exact) mass is 996 g/mol. The van der Waals surface area contributed by atoms with Gasteiger partial charge < -0.3 is 18.8 Å². The molecule has 1 saturated carbocycles. The van der Waals surface area contributed by atoms with Gasteiger partial charge in [-0.1, -0.05) is 160 Å². The van der Waals surface area contributed by atoms with Crippen LogP contribution in [-0.4, -0.2) is 23.0 Å². The van der Waals surface area contributed by atoms with E-state index in [4.69, 9.17) is 23.8 Å². The number of hydrogen-bond acceptors (Lipinski definition) is 5. The van der Waals surface area contributed by atoms with E-state index in [0.717, 1.165) is 97.2 Å². The van der Waals surface area contributed by atoms with E-state index in [2.05, 4.69) is 126 Å². The largest absolute Gasteiger partial charge is 0.501 e. The van der Waals surface area contributed by atoms with Gasteiger partial charge in [0.15, 0.2) is 0 Å². The van der Waals surface area contributed by atoms with Crippen LogP contribution in [0.3, 0.4) is 0 Å². The Kier molecular flexibility index (Phi) is 12.6. The van der Waals surface area contributed by atoms with Crippen molar-refractivity contribution in [1.29, 1.82) is 0 Å². The standard InChI is InChI=1S/C30H27N2O.C24H26NOSi.Ir/c1-2-21-18-28(31-19-23(21)17-20-9-6-7-10-20)26-14-8-13-24-25-15-16-27(22-11-4-3-5-12-22)32-30(25)33-29(24)26;1-16(2)13-17-14-21(25-15-23(17)27(3,4)5)20-11-8-10-19-18-9-6-7-12-22(18)26-24(19)20;/h3-5,8,11-13,15-16,18-20H,2,6-7,9-10,17H2,1H3;6-10,12,14-16H,13H2,1-5H3;/q2*-1;. The first-order valence-corrected chi connectivity index (χ1v) is 25.2. The molecule has 0 saturated heterocycles. The van der Waals surface area contributed by atoms with Crippen molar-refractivity contribution in [1.82, 2.24) is 15.0 Å². The molecular weight excluding hydrogens is 943 g/mol. The fourth-order valence-electron chi connectivity index (χ4n) is 9.08. The van der Waals surface area contributed by atoms with E-state index in [1.807, 2.05) is 42.5 Å². The third-order valence-corrected chi connectivity index (χ3v) is 14.2. The molecule has 0 spiro atoms. The van der Waals surface area contributed by atoms with Gasteiger partial charge in [0.2, 0.25) is 5.71 Å². The van der Waals surface area contributed by atoms with Crippen LogP contribution in [0.15, 0.2) is 124 Å². The van der Waals surface area contributed by atoms with Gasteiger partial charge in [-0.2, -0.15) is 0 Å². The number of benzene rings is 4. The average molecular weight is 996 g/mol. The van der Waals surface area contributed by atoms with Crippen LogP contribution in [-0.2, 0) is 39.4 Å². The van der Waals surface area contributed by atoms with Gasteiger partial charge in [0.05, 0.1) is 24.9 Å². The summed E-state index contributed by atoms with van der Waals surface area (Å²) in [4.78, 5) is 14.5. The molecule has 0 atom stereocenters. The van der Waals surface area contributed by atoms with Gasteiger partial charge in [-0.15, -0.1) is 36.4 Å². The SMILES string of the molecule is CC(C)Cc1cc(-c2[c-]ccc3c2oc2ccccc23)ncc1[Si](C)(C)C.CCc1cc(-c2[c-]ccc3c2oc2nc(-c4ccccc4)ccc23)ncc1CC1CCCC1.[Ir]. The second kappa shape index (κ2) is 18.0. The molecule has 7 heteroatoms. The summed E-state index contributed by atoms with van der Waals surface area (Å²) in [5.41, 5.74) is 13.2. The molecule has 4 aromatic carbocycles. The molecule has 5 heterocycles. The fourth-order valence-corrected chi connectivity index (χ4v) is 10.7. The Labute approximate surface area is 374 Å². The van der Waals surface area contributed by atoms with E-state index in [1.54, 1.807) is 0 Å². The minimum absolute atomic E-state index is 0. The zero-order chi connectivity index (χ0) is 41.4. The quantitative estimate of drug-likeness (QED) is 0.106. The number of aryl methyl sites for hydroxylation is 1. The molecule has 1 fully saturated rings. The summed E-state index contributed by atoms with van der Waals surface area (Å²) < 4.78 is 12.5. The molecule has 0 bridgehead atoms. The number of furan rings is 2. The minimum Gasteiger partial charge on any atom is -0.501 e. The summed E-state index contributed by atoms with van der Waals surface area (Å²) in [7, 11) is -1.44. The molecular formula is C54H53IrN3O2Si-2. The Bertz CT molecular complexity index is 2960. The van der Waals surface area contributed by atoms with Crippen LogP contribution in [0.25, 0.3) is 77.8 Å². The predicted octanol–water partition coefficient (Wildman–Crippen LogP) is 14.0. The van der Waals surface area contributed by atoms with E-state index in [0.29, 0.717) is 11.6 Å². The van der Waals surface area contributed by atoms with E-state index >= 15 is 0 Å². The van der Waals surface area contributed by atoms with Crippen molar-refractivity contribution in [3.63, 3.8) is 0 Å². The Morgan fingerprint density at radius 1 is 0.672 bits per heavy atom. The van der Waals surface area contributed by atoms with Gasteiger partial charge in [0.1, 0.15) is 5.58 Å². The van der Waals surface area contributed by atoms with Crippen LogP contribution in [0.4, 0.5) is 0 Å². The number of nitrogens with zero attached hydrogens (tertiary/aromatic N) is 3. The molecule has 0 amide bonds. The summed E-state index contributed by atoms with van der Waals surface area (Å²) in [5, 5.41) is 5.80. The second-order valence-electron chi connectivity index (χ2n) is 17.9. The van der Waals surface area contributed by atoms with Crippen molar-refractivity contribution in [3.05, 3.63) is 144 Å². The average Bonchev–Trinajstić information content (AvgIpc) is 4.01. The molecule has 1 aliphatic rings. The minimum atomic E-state index is -1.44. The smallest absolute Gasteiger partial charge is 0.216 e. The van der Waals surface area contributed by atoms with E-state index < -0.39 is 8.07 Å². The van der Waals surface area contributed by atoms with Crippen LogP contribution in [0.5, 0.6) is 0 Å². The van der Waals surface area contributed by atoms with Crippen molar-refractivity contribution in [2.75, 3.05) is 0 Å². The van der Waals surface area contributed by atoms with E-state index in [1.165, 1.54) is 47.6 Å². The number of hydrogen-bond donors (Lipinski definition) is 0. The Morgan fingerprint density at radius 3 is 2.00 bits per heavy atom. The predicted molar refractivity (Wildman–Crippen MR) is 251 cm³/mol. The first-order chi connectivity index (χ1) is 29.1. The Morgan fingerprint density at radius 2 is 1.31 bits per heavy atom. The molecule has 0 aliphatic heterocycles. The van der Waals surface area contributed by atoms with Gasteiger partial charge in [0, 0.05) is 48.8 Å². The maximum atomic E-state index is 6.33. The van der Waals surface area contributed by atoms with Gasteiger partial charge in [-0.25, -0.2) is 4.98 Å². The zero-order valence-corrected chi connectivity index (χ0v) is 39.5. The van der Waals surface area contributed by atoms with Gasteiger partial charge >= 0.3 is 0 Å². The summed E-state index contributed by atoms with van der Waals surface area (Å²) >= 11 is 0. The molecule has 61 heavy (non-hydrogen) atoms. The normalized spacial score (nSPS) is 13.3. The third-order valence-electron chi connectivity index (χ3n) is 12.1. The van der Waals surface area contributed by atoms with Crippen molar-refractivity contribution >= 4 is 57.3 Å². The summed E-state index contributed by atoms with van der Waals surface area (Å²) in [6.07, 6.45) is 12.9. The van der Waals surface area contributed by atoms with Crippen molar-refractivity contribution in [2.24, 2.45) is 11.8 Å². The molecule has 1 aliphatic carbocycles. The van der Waals surface area contributed by atoms with E-state index in [9.17, 15) is 0 Å². The molecule has 5 aromatic heterocycles. The zero-order valence-electron chi connectivity index (χ0n) is 36.1. The molecule has 311 valence electrons. The van der Waals surface area contributed by atoms with Crippen LogP contribution in [0.1, 0.15) is 63.1 Å². The Hall–Kier alpha value is -5.20. The second-order valence-corrected chi connectivity index (χ2v) is 23.0. The number of aromatic nitrogens is 3. The summed E-state index contributed by atoms with van der Waals surface area (Å²) in [5.74, 6) is 1.43. The fraction of sp³-hybridized carbons (Fsp3) is 0.278. The third kappa shape index (κ3) is 8.79. The molecule has 0 N–H and O–H groups in total. The first kappa shape index (κ1) is 42.5. The molecule has 0 unspecified atom stereocenters. The topological polar surface area (TPSA) is 65.0 Å². The van der Waals surface area contributed by atoms with Crippen molar-refractivity contribution < 1.29 is 28.9 Å². The number of fused-ring (bicyclic) bond motifs is 6. The number of rotatable bonds is 9. The maximum absolute atomic E-state index is 6.33. The van der Waals surface area contributed by atoms with Gasteiger partial charge in [-0.05, 0) is 71.4 Å². The molecule has 5 nitrogen and oxygen atoms in total. The Balaban J connectivity index is 0.000000169. The maximum Gasteiger partial charge on any atom is 0.216 e. The summed E-state index contributed by atoms with van der Waals surface area (Å²) in [6.45, 7) is 14.0. The molecule has 9 aromatic rings. The van der Waals surface area contributed by atoms with Crippen LogP contribution in [0, 0.1) is 24.0 Å².